The molecule has 11 heteroatoms. The van der Waals surface area contributed by atoms with Gasteiger partial charge < -0.3 is 19.9 Å². The first kappa shape index (κ1) is 24.4. The Morgan fingerprint density at radius 3 is 2.63 bits per heavy atom. The van der Waals surface area contributed by atoms with E-state index in [-0.39, 0.29) is 19.0 Å². The molecule has 2 aliphatic heterocycles. The van der Waals surface area contributed by atoms with Crippen molar-refractivity contribution in [3.05, 3.63) is 52.5 Å². The summed E-state index contributed by atoms with van der Waals surface area (Å²) in [5, 5.41) is 4.49. The number of rotatable bonds is 7. The average molecular weight is 501 g/mol. The highest BCUT2D eigenvalue weighted by Crippen LogP contribution is 2.28. The Hall–Kier alpha value is -3.73. The monoisotopic (exact) mass is 500 g/mol. The zero-order chi connectivity index (χ0) is 24.9. The molecule has 1 aromatic carbocycles. The number of hydrogen-bond donors (Lipinski definition) is 1. The van der Waals surface area contributed by atoms with Crippen molar-refractivity contribution in [3.63, 3.8) is 0 Å². The molecule has 9 nitrogen and oxygen atoms in total. The molecule has 4 rings (SSSR count). The number of ether oxygens (including phenoxy) is 1. The Labute approximate surface area is 205 Å². The van der Waals surface area contributed by atoms with Gasteiger partial charge in [-0.15, -0.1) is 11.3 Å². The first-order valence-electron chi connectivity index (χ1n) is 11.1. The van der Waals surface area contributed by atoms with E-state index in [1.165, 1.54) is 40.2 Å². The smallest absolute Gasteiger partial charge is 0.414 e. The van der Waals surface area contributed by atoms with Gasteiger partial charge >= 0.3 is 6.09 Å². The number of piperazine rings is 1. The number of nitrogens with zero attached hydrogens (tertiary/aromatic N) is 3. The van der Waals surface area contributed by atoms with Gasteiger partial charge in [0.15, 0.2) is 0 Å². The van der Waals surface area contributed by atoms with Crippen LogP contribution in [-0.4, -0.2) is 74.0 Å². The van der Waals surface area contributed by atoms with Gasteiger partial charge in [0, 0.05) is 38.0 Å². The first-order chi connectivity index (χ1) is 16.8. The molecule has 2 aliphatic rings. The maximum absolute atomic E-state index is 15.0. The second-order valence-corrected chi connectivity index (χ2v) is 9.16. The summed E-state index contributed by atoms with van der Waals surface area (Å²) in [6, 6.07) is 8.22. The summed E-state index contributed by atoms with van der Waals surface area (Å²) in [6.45, 7) is 3.09. The summed E-state index contributed by atoms with van der Waals surface area (Å²) < 4.78 is 20.2. The SMILES string of the molecule is CC(=O)NC[C@H]1CN(c2ccc(N3CCN(C(=O)C(=O)/C=C/c4cccs4)CC3)c(F)c2)C(=O)O1. The molecule has 2 fully saturated rings. The normalized spacial score (nSPS) is 18.2. The lowest BCUT2D eigenvalue weighted by Gasteiger charge is -2.36. The Kier molecular flexibility index (Phi) is 7.45. The predicted molar refractivity (Wildman–Crippen MR) is 130 cm³/mol. The summed E-state index contributed by atoms with van der Waals surface area (Å²) in [5.74, 6) is -1.89. The number of thiophene rings is 1. The number of hydrogen-bond acceptors (Lipinski definition) is 7. The molecule has 35 heavy (non-hydrogen) atoms. The summed E-state index contributed by atoms with van der Waals surface area (Å²) in [4.78, 5) is 53.4. The van der Waals surface area contributed by atoms with Crippen LogP contribution in [0.2, 0.25) is 0 Å². The van der Waals surface area contributed by atoms with Crippen molar-refractivity contribution in [1.29, 1.82) is 0 Å². The minimum atomic E-state index is -0.600. The van der Waals surface area contributed by atoms with Crippen LogP contribution >= 0.6 is 11.3 Å². The first-order valence-corrected chi connectivity index (χ1v) is 12.0. The number of carbonyl (C=O) groups is 4. The van der Waals surface area contributed by atoms with Crippen LogP contribution in [0.3, 0.4) is 0 Å². The van der Waals surface area contributed by atoms with Crippen LogP contribution in [0.15, 0.2) is 41.8 Å². The van der Waals surface area contributed by atoms with E-state index in [1.54, 1.807) is 23.1 Å². The minimum Gasteiger partial charge on any atom is -0.442 e. The second-order valence-electron chi connectivity index (χ2n) is 8.18. The molecule has 3 heterocycles. The average Bonchev–Trinajstić information content (AvgIpc) is 3.50. The number of anilines is 2. The zero-order valence-electron chi connectivity index (χ0n) is 19.1. The summed E-state index contributed by atoms with van der Waals surface area (Å²) in [7, 11) is 0. The number of carbonyl (C=O) groups excluding carboxylic acids is 4. The molecule has 0 unspecified atom stereocenters. The van der Waals surface area contributed by atoms with Crippen molar-refractivity contribution in [1.82, 2.24) is 10.2 Å². The highest BCUT2D eigenvalue weighted by Gasteiger charge is 2.33. The van der Waals surface area contributed by atoms with E-state index in [0.717, 1.165) is 4.88 Å². The van der Waals surface area contributed by atoms with E-state index in [4.69, 9.17) is 4.74 Å². The van der Waals surface area contributed by atoms with Gasteiger partial charge in [-0.05, 0) is 41.8 Å². The van der Waals surface area contributed by atoms with Crippen molar-refractivity contribution >= 4 is 52.5 Å². The molecule has 1 atom stereocenters. The Bertz CT molecular complexity index is 1140. The highest BCUT2D eigenvalue weighted by atomic mass is 32.1. The van der Waals surface area contributed by atoms with Crippen molar-refractivity contribution in [3.8, 4) is 0 Å². The number of amides is 3. The van der Waals surface area contributed by atoms with Crippen LogP contribution in [0.5, 0.6) is 0 Å². The minimum absolute atomic E-state index is 0.188. The third-order valence-electron chi connectivity index (χ3n) is 5.76. The maximum atomic E-state index is 15.0. The fourth-order valence-electron chi connectivity index (χ4n) is 3.94. The largest absolute Gasteiger partial charge is 0.442 e. The van der Waals surface area contributed by atoms with Gasteiger partial charge in [0.2, 0.25) is 11.7 Å². The quantitative estimate of drug-likeness (QED) is 0.463. The Balaban J connectivity index is 1.33. The topological polar surface area (TPSA) is 99.3 Å². The van der Waals surface area contributed by atoms with Gasteiger partial charge in [-0.1, -0.05) is 6.07 Å². The molecule has 2 aromatic rings. The van der Waals surface area contributed by atoms with Crippen molar-refractivity contribution in [2.24, 2.45) is 0 Å². The lowest BCUT2D eigenvalue weighted by molar-refractivity contribution is -0.142. The van der Waals surface area contributed by atoms with E-state index >= 15 is 0 Å². The fraction of sp³-hybridized carbons (Fsp3) is 0.333. The highest BCUT2D eigenvalue weighted by molar-refractivity contribution is 7.10. The van der Waals surface area contributed by atoms with Crippen molar-refractivity contribution in [2.75, 3.05) is 49.1 Å². The van der Waals surface area contributed by atoms with Gasteiger partial charge in [0.1, 0.15) is 11.9 Å². The Morgan fingerprint density at radius 2 is 1.97 bits per heavy atom. The van der Waals surface area contributed by atoms with Gasteiger partial charge in [0.05, 0.1) is 24.5 Å². The van der Waals surface area contributed by atoms with Crippen molar-refractivity contribution < 1.29 is 28.3 Å². The van der Waals surface area contributed by atoms with Crippen molar-refractivity contribution in [2.45, 2.75) is 13.0 Å². The molecule has 0 saturated carbocycles. The van der Waals surface area contributed by atoms with E-state index in [2.05, 4.69) is 5.32 Å². The Morgan fingerprint density at radius 1 is 1.20 bits per heavy atom. The third-order valence-corrected chi connectivity index (χ3v) is 6.59. The van der Waals surface area contributed by atoms with Gasteiger partial charge in [-0.25, -0.2) is 9.18 Å². The molecule has 0 aliphatic carbocycles. The molecular weight excluding hydrogens is 475 g/mol. The molecule has 0 radical (unpaired) electrons. The van der Waals surface area contributed by atoms with Crippen LogP contribution in [0.4, 0.5) is 20.6 Å². The van der Waals surface area contributed by atoms with Crippen LogP contribution in [0, 0.1) is 5.82 Å². The van der Waals surface area contributed by atoms with Crippen LogP contribution < -0.4 is 15.1 Å². The van der Waals surface area contributed by atoms with Gasteiger partial charge in [-0.3, -0.25) is 19.3 Å². The number of ketones is 1. The second kappa shape index (κ2) is 10.7. The number of cyclic esters (lactones) is 1. The molecule has 1 N–H and O–H groups in total. The molecule has 0 spiro atoms. The third kappa shape index (κ3) is 5.86. The number of benzene rings is 1. The predicted octanol–water partition coefficient (Wildman–Crippen LogP) is 2.28. The molecule has 3 amide bonds. The summed E-state index contributed by atoms with van der Waals surface area (Å²) >= 11 is 1.47. The number of nitrogens with one attached hydrogen (secondary N) is 1. The molecule has 1 aromatic heterocycles. The molecule has 0 bridgehead atoms. The lowest BCUT2D eigenvalue weighted by Crippen LogP contribution is -2.50. The molecule has 184 valence electrons. The van der Waals surface area contributed by atoms with E-state index in [9.17, 15) is 23.6 Å². The van der Waals surface area contributed by atoms with Gasteiger partial charge in [-0.2, -0.15) is 0 Å². The van der Waals surface area contributed by atoms with Crippen LogP contribution in [0.1, 0.15) is 11.8 Å². The standard InChI is InChI=1S/C24H25FN4O5S/c1-16(30)26-14-18-15-29(24(33)34-18)17-4-6-21(20(25)13-17)27-8-10-28(11-9-27)23(32)22(31)7-5-19-3-2-12-35-19/h2-7,12-13,18H,8-11,14-15H2,1H3,(H,26,30)/b7-5+/t18-/m0/s1. The van der Waals surface area contributed by atoms with E-state index in [0.29, 0.717) is 37.6 Å². The van der Waals surface area contributed by atoms with Gasteiger partial charge in [0.25, 0.3) is 5.91 Å². The van der Waals surface area contributed by atoms with Crippen LogP contribution in [-0.2, 0) is 19.1 Å². The van der Waals surface area contributed by atoms with Crippen LogP contribution in [0.25, 0.3) is 6.08 Å². The molecular formula is C24H25FN4O5S. The fourth-order valence-corrected chi connectivity index (χ4v) is 4.56. The summed E-state index contributed by atoms with van der Waals surface area (Å²) in [5.41, 5.74) is 0.714. The van der Waals surface area contributed by atoms with E-state index < -0.39 is 29.7 Å². The van der Waals surface area contributed by atoms with E-state index in [1.807, 2.05) is 17.5 Å². The summed E-state index contributed by atoms with van der Waals surface area (Å²) in [6.07, 6.45) is 1.79. The number of halogens is 1. The maximum Gasteiger partial charge on any atom is 0.414 e. The molecule has 2 saturated heterocycles. The zero-order valence-corrected chi connectivity index (χ0v) is 19.9. The lowest BCUT2D eigenvalue weighted by atomic mass is 10.2.